The Morgan fingerprint density at radius 1 is 1.17 bits per heavy atom. The molecule has 3 atom stereocenters. The molecule has 1 aliphatic rings. The molecule has 1 aliphatic heterocycles. The number of anilines is 2. The number of ether oxygens (including phenoxy) is 2. The minimum absolute atomic E-state index is 0.0409. The molecule has 1 N–H and O–H groups in total. The van der Waals surface area contributed by atoms with Crippen LogP contribution in [0.4, 0.5) is 33.3 Å². The van der Waals surface area contributed by atoms with Gasteiger partial charge in [-0.3, -0.25) is 9.59 Å². The second-order valence-electron chi connectivity index (χ2n) is 9.14. The fourth-order valence-corrected chi connectivity index (χ4v) is 5.46. The lowest BCUT2D eigenvalue weighted by atomic mass is 9.99. The molecular weight excluding hydrogens is 591 g/mol. The number of aromatic nitrogens is 3. The van der Waals surface area contributed by atoms with Gasteiger partial charge in [0.1, 0.15) is 11.1 Å². The van der Waals surface area contributed by atoms with Crippen LogP contribution in [0.3, 0.4) is 0 Å². The molecule has 0 unspecified atom stereocenters. The van der Waals surface area contributed by atoms with Crippen molar-refractivity contribution in [2.45, 2.75) is 29.3 Å². The van der Waals surface area contributed by atoms with Crippen LogP contribution in [-0.4, -0.2) is 76.0 Å². The van der Waals surface area contributed by atoms with Crippen LogP contribution in [0.15, 0.2) is 58.2 Å². The van der Waals surface area contributed by atoms with E-state index in [1.165, 1.54) is 24.4 Å². The molecule has 2 amide bonds. The van der Waals surface area contributed by atoms with E-state index in [1.54, 1.807) is 0 Å². The molecule has 0 aliphatic carbocycles. The van der Waals surface area contributed by atoms with E-state index >= 15 is 0 Å². The highest BCUT2D eigenvalue weighted by Crippen LogP contribution is 2.47. The van der Waals surface area contributed by atoms with Gasteiger partial charge in [0, 0.05) is 37.9 Å². The van der Waals surface area contributed by atoms with E-state index in [2.05, 4.69) is 24.9 Å². The van der Waals surface area contributed by atoms with Crippen molar-refractivity contribution < 1.29 is 45.2 Å². The van der Waals surface area contributed by atoms with E-state index in [4.69, 9.17) is 9.47 Å². The van der Waals surface area contributed by atoms with Gasteiger partial charge in [0.2, 0.25) is 11.7 Å². The largest absolute Gasteiger partial charge is 0.491 e. The van der Waals surface area contributed by atoms with Gasteiger partial charge >= 0.3 is 12.1 Å². The van der Waals surface area contributed by atoms with Gasteiger partial charge in [0.15, 0.2) is 22.9 Å². The Morgan fingerprint density at radius 2 is 1.90 bits per heavy atom. The van der Waals surface area contributed by atoms with E-state index < -0.39 is 69.7 Å². The number of nitrogens with one attached hydrogen (secondary N) is 1. The average Bonchev–Trinajstić information content (AvgIpc) is 3.36. The number of alkyl halides is 3. The second-order valence-corrected chi connectivity index (χ2v) is 11.3. The monoisotopic (exact) mass is 614 g/mol. The summed E-state index contributed by atoms with van der Waals surface area (Å²) in [5, 5.41) is 9.37. The van der Waals surface area contributed by atoms with Crippen LogP contribution in [-0.2, 0) is 19.3 Å². The normalized spacial score (nSPS) is 20.1. The smallest absolute Gasteiger partial charge is 0.419 e. The van der Waals surface area contributed by atoms with Crippen molar-refractivity contribution in [2.75, 3.05) is 37.2 Å². The van der Waals surface area contributed by atoms with Crippen molar-refractivity contribution in [2.24, 2.45) is 4.36 Å². The lowest BCUT2D eigenvalue weighted by Crippen LogP contribution is -2.49. The second kappa shape index (κ2) is 11.6. The number of rotatable bonds is 7. The molecule has 2 aromatic heterocycles. The van der Waals surface area contributed by atoms with E-state index in [0.717, 1.165) is 43.7 Å². The number of amides is 2. The Hall–Kier alpha value is -4.25. The first-order valence-corrected chi connectivity index (χ1v) is 13.9. The Kier molecular flexibility index (Phi) is 8.45. The molecule has 3 heterocycles. The summed E-state index contributed by atoms with van der Waals surface area (Å²) in [7, 11) is -1.65. The van der Waals surface area contributed by atoms with Gasteiger partial charge in [-0.05, 0) is 36.4 Å². The molecule has 224 valence electrons. The number of pyridine rings is 1. The van der Waals surface area contributed by atoms with Crippen molar-refractivity contribution in [1.29, 1.82) is 0 Å². The predicted molar refractivity (Wildman–Crippen MR) is 138 cm³/mol. The molecule has 4 rings (SSSR count). The van der Waals surface area contributed by atoms with Gasteiger partial charge in [-0.25, -0.2) is 13.6 Å². The summed E-state index contributed by atoms with van der Waals surface area (Å²) < 4.78 is 97.6. The molecule has 17 heteroatoms. The fraction of sp³-hybridized carbons (Fsp3) is 0.320. The maximum Gasteiger partial charge on any atom is 0.419 e. The van der Waals surface area contributed by atoms with Crippen LogP contribution in [0.25, 0.3) is 0 Å². The number of carbonyl (C=O) groups is 2. The van der Waals surface area contributed by atoms with Gasteiger partial charge < -0.3 is 19.7 Å². The third-order valence-electron chi connectivity index (χ3n) is 6.52. The van der Waals surface area contributed by atoms with Crippen molar-refractivity contribution in [3.63, 3.8) is 0 Å². The maximum atomic E-state index is 14.5. The van der Waals surface area contributed by atoms with Crippen LogP contribution in [0.1, 0.15) is 16.9 Å². The SMILES string of the molecule is COc1c(N2C[C@@](OC)(C(F)(F)F)C[C@H]2C(=O)Nc2ccnc([S@@](C)(=O)=NC(=O)c3cccnn3)c2)ccc(F)c1F. The molecule has 0 spiro atoms. The number of nitrogens with zero attached hydrogens (tertiary/aromatic N) is 5. The Balaban J connectivity index is 1.69. The summed E-state index contributed by atoms with van der Waals surface area (Å²) in [5.41, 5.74) is -3.36. The zero-order valence-corrected chi connectivity index (χ0v) is 23.0. The highest BCUT2D eigenvalue weighted by Gasteiger charge is 2.63. The molecule has 3 aromatic rings. The lowest BCUT2D eigenvalue weighted by molar-refractivity contribution is -0.261. The summed E-state index contributed by atoms with van der Waals surface area (Å²) >= 11 is 0. The van der Waals surface area contributed by atoms with E-state index in [-0.39, 0.29) is 22.1 Å². The first-order chi connectivity index (χ1) is 19.7. The van der Waals surface area contributed by atoms with Gasteiger partial charge in [0.05, 0.1) is 29.1 Å². The zero-order chi connectivity index (χ0) is 30.9. The number of hydrogen-bond donors (Lipinski definition) is 1. The average molecular weight is 615 g/mol. The maximum absolute atomic E-state index is 14.5. The van der Waals surface area contributed by atoms with Crippen LogP contribution in [0.5, 0.6) is 5.75 Å². The van der Waals surface area contributed by atoms with Crippen LogP contribution in [0.2, 0.25) is 0 Å². The van der Waals surface area contributed by atoms with Crippen molar-refractivity contribution >= 4 is 32.9 Å². The molecule has 1 aromatic carbocycles. The fourth-order valence-electron chi connectivity index (χ4n) is 4.36. The summed E-state index contributed by atoms with van der Waals surface area (Å²) in [4.78, 5) is 30.7. The van der Waals surface area contributed by atoms with E-state index in [1.807, 2.05) is 0 Å². The van der Waals surface area contributed by atoms with Crippen molar-refractivity contribution in [3.05, 3.63) is 66.1 Å². The topological polar surface area (TPSA) is 136 Å². The standard InChI is InChI=1S/C25H23F5N6O5S/c1-40-21-17(7-6-15(26)20(21)27)36-13-24(41-2,25(28,29)30)12-18(36)23(38)33-14-8-10-31-19(11-14)42(3,39)35-22(37)16-5-4-9-32-34-16/h4-11,18H,12-13H2,1-3H3,(H,31,33,38)/t18-,24+,42+/m0/s1. The molecule has 1 saturated heterocycles. The molecule has 0 saturated carbocycles. The Bertz CT molecular complexity index is 1630. The number of carbonyl (C=O) groups excluding carboxylic acids is 2. The zero-order valence-electron chi connectivity index (χ0n) is 22.2. The summed E-state index contributed by atoms with van der Waals surface area (Å²) in [6, 6.07) is 5.23. The third-order valence-corrected chi connectivity index (χ3v) is 8.03. The number of hydrogen-bond acceptors (Lipinski definition) is 9. The van der Waals surface area contributed by atoms with Gasteiger partial charge in [-0.15, -0.1) is 5.10 Å². The van der Waals surface area contributed by atoms with Crippen molar-refractivity contribution in [1.82, 2.24) is 15.2 Å². The minimum Gasteiger partial charge on any atom is -0.491 e. The number of benzene rings is 1. The molecule has 0 radical (unpaired) electrons. The summed E-state index contributed by atoms with van der Waals surface area (Å²) in [6.07, 6.45) is -2.26. The van der Waals surface area contributed by atoms with Gasteiger partial charge in [-0.1, -0.05) is 0 Å². The van der Waals surface area contributed by atoms with Gasteiger partial charge in [-0.2, -0.15) is 27.0 Å². The van der Waals surface area contributed by atoms with E-state index in [0.29, 0.717) is 6.07 Å². The molecular formula is C25H23F5N6O5S. The quantitative estimate of drug-likeness (QED) is 0.396. The minimum atomic E-state index is -4.95. The van der Waals surface area contributed by atoms with E-state index in [9.17, 15) is 35.8 Å². The van der Waals surface area contributed by atoms with Crippen molar-refractivity contribution in [3.8, 4) is 5.75 Å². The summed E-state index contributed by atoms with van der Waals surface area (Å²) in [6.45, 7) is -0.944. The Labute approximate surface area is 236 Å². The molecule has 11 nitrogen and oxygen atoms in total. The van der Waals surface area contributed by atoms with Crippen LogP contribution in [0, 0.1) is 11.6 Å². The Morgan fingerprint density at radius 3 is 2.52 bits per heavy atom. The van der Waals surface area contributed by atoms with Crippen LogP contribution < -0.4 is 15.0 Å². The first kappa shape index (κ1) is 30.7. The molecule has 1 fully saturated rings. The molecule has 0 bridgehead atoms. The number of halogens is 5. The third kappa shape index (κ3) is 5.87. The molecule has 42 heavy (non-hydrogen) atoms. The predicted octanol–water partition coefficient (Wildman–Crippen LogP) is 3.62. The highest BCUT2D eigenvalue weighted by atomic mass is 32.2. The first-order valence-electron chi connectivity index (χ1n) is 11.9. The van der Waals surface area contributed by atoms with Gasteiger partial charge in [0.25, 0.3) is 0 Å². The van der Waals surface area contributed by atoms with Crippen LogP contribution >= 0.6 is 0 Å². The summed E-state index contributed by atoms with van der Waals surface area (Å²) in [5.74, 6) is -5.38. The highest BCUT2D eigenvalue weighted by molar-refractivity contribution is 7.93. The lowest BCUT2D eigenvalue weighted by Gasteiger charge is -2.31. The number of methoxy groups -OCH3 is 2.